The van der Waals surface area contributed by atoms with E-state index in [1.807, 2.05) is 0 Å². The third-order valence-electron chi connectivity index (χ3n) is 3.93. The van der Waals surface area contributed by atoms with Crippen LogP contribution in [0.1, 0.15) is 24.2 Å². The predicted octanol–water partition coefficient (Wildman–Crippen LogP) is 2.87. The number of nitrogens with one attached hydrogen (secondary N) is 1. The highest BCUT2D eigenvalue weighted by atomic mass is 35.5. The molecule has 2 rings (SSSR count). The molecule has 2 N–H and O–H groups in total. The Morgan fingerprint density at radius 1 is 1.00 bits per heavy atom. The third-order valence-corrected chi connectivity index (χ3v) is 7.70. The Labute approximate surface area is 168 Å². The maximum absolute atomic E-state index is 12.5. The molecule has 11 heteroatoms. The fraction of sp³-hybridized carbons (Fsp3) is 0.235. The fourth-order valence-corrected chi connectivity index (χ4v) is 5.24. The lowest BCUT2D eigenvalue weighted by Gasteiger charge is -2.18. The summed E-state index contributed by atoms with van der Waals surface area (Å²) in [6, 6.07) is 8.46. The summed E-state index contributed by atoms with van der Waals surface area (Å²) >= 11 is 5.84. The number of carbonyl (C=O) groups is 1. The molecule has 152 valence electrons. The number of hydrogen-bond donors (Lipinski definition) is 2. The number of anilines is 1. The largest absolute Gasteiger partial charge is 0.478 e. The lowest BCUT2D eigenvalue weighted by atomic mass is 10.2. The second-order valence-corrected chi connectivity index (χ2v) is 9.69. The molecule has 0 unspecified atom stereocenters. The van der Waals surface area contributed by atoms with Crippen LogP contribution in [0.25, 0.3) is 0 Å². The monoisotopic (exact) mass is 446 g/mol. The van der Waals surface area contributed by atoms with E-state index in [1.54, 1.807) is 13.8 Å². The maximum Gasteiger partial charge on any atom is 0.337 e. The first-order valence-electron chi connectivity index (χ1n) is 8.18. The van der Waals surface area contributed by atoms with Gasteiger partial charge < -0.3 is 5.11 Å². The molecule has 0 aliphatic heterocycles. The standard InChI is InChI=1S/C17H19ClN2O6S2/c1-3-20(4-2)28(25,26)14-8-6-13(7-9-14)27(23,24)19-12-5-10-15(17(21)22)16(18)11-12/h5-11,19H,3-4H2,1-2H3,(H,21,22). The van der Waals surface area contributed by atoms with Gasteiger partial charge in [0.05, 0.1) is 26.1 Å². The minimum Gasteiger partial charge on any atom is -0.478 e. The van der Waals surface area contributed by atoms with Crippen LogP contribution in [-0.2, 0) is 20.0 Å². The van der Waals surface area contributed by atoms with Crippen LogP contribution in [0.4, 0.5) is 5.69 Å². The summed E-state index contributed by atoms with van der Waals surface area (Å²) in [6.45, 7) is 4.02. The van der Waals surface area contributed by atoms with Crippen molar-refractivity contribution in [3.8, 4) is 0 Å². The number of carboxylic acid groups (broad SMARTS) is 1. The summed E-state index contributed by atoms with van der Waals surface area (Å²) in [5.41, 5.74) is -0.0783. The molecule has 2 aromatic rings. The average molecular weight is 447 g/mol. The predicted molar refractivity (Wildman–Crippen MR) is 106 cm³/mol. The van der Waals surface area contributed by atoms with Crippen LogP contribution < -0.4 is 4.72 Å². The highest BCUT2D eigenvalue weighted by Gasteiger charge is 2.23. The number of hydrogen-bond acceptors (Lipinski definition) is 5. The van der Waals surface area contributed by atoms with E-state index in [0.717, 1.165) is 0 Å². The second-order valence-electron chi connectivity index (χ2n) is 5.67. The zero-order valence-electron chi connectivity index (χ0n) is 15.1. The van der Waals surface area contributed by atoms with Gasteiger partial charge in [-0.3, -0.25) is 4.72 Å². The minimum atomic E-state index is -4.02. The Morgan fingerprint density at radius 3 is 2.00 bits per heavy atom. The molecule has 0 aromatic heterocycles. The van der Waals surface area contributed by atoms with E-state index < -0.39 is 26.0 Å². The molecule has 8 nitrogen and oxygen atoms in total. The Kier molecular flexibility index (Phi) is 6.71. The van der Waals surface area contributed by atoms with Crippen molar-refractivity contribution in [1.29, 1.82) is 0 Å². The zero-order chi connectivity index (χ0) is 21.1. The summed E-state index contributed by atoms with van der Waals surface area (Å²) in [4.78, 5) is 10.8. The van der Waals surface area contributed by atoms with Crippen molar-refractivity contribution in [3.05, 3.63) is 53.1 Å². The molecular weight excluding hydrogens is 428 g/mol. The lowest BCUT2D eigenvalue weighted by Crippen LogP contribution is -2.30. The first-order valence-corrected chi connectivity index (χ1v) is 11.5. The topological polar surface area (TPSA) is 121 Å². The molecule has 0 saturated heterocycles. The van der Waals surface area contributed by atoms with Crippen LogP contribution in [0.2, 0.25) is 5.02 Å². The number of aromatic carboxylic acids is 1. The summed E-state index contributed by atoms with van der Waals surface area (Å²) in [6.07, 6.45) is 0. The SMILES string of the molecule is CCN(CC)S(=O)(=O)c1ccc(S(=O)(=O)Nc2ccc(C(=O)O)c(Cl)c2)cc1. The van der Waals surface area contributed by atoms with Crippen LogP contribution in [0.3, 0.4) is 0 Å². The minimum absolute atomic E-state index is 0.0102. The third kappa shape index (κ3) is 4.64. The van der Waals surface area contributed by atoms with Gasteiger partial charge in [-0.05, 0) is 42.5 Å². The van der Waals surface area contributed by atoms with Gasteiger partial charge in [0.2, 0.25) is 10.0 Å². The van der Waals surface area contributed by atoms with Crippen molar-refractivity contribution in [2.45, 2.75) is 23.6 Å². The maximum atomic E-state index is 12.5. The van der Waals surface area contributed by atoms with Gasteiger partial charge in [-0.1, -0.05) is 25.4 Å². The van der Waals surface area contributed by atoms with Crippen molar-refractivity contribution in [2.24, 2.45) is 0 Å². The normalized spacial score (nSPS) is 12.1. The number of sulfonamides is 2. The molecule has 2 aromatic carbocycles. The lowest BCUT2D eigenvalue weighted by molar-refractivity contribution is 0.0697. The van der Waals surface area contributed by atoms with E-state index in [0.29, 0.717) is 13.1 Å². The number of benzene rings is 2. The van der Waals surface area contributed by atoms with Crippen LogP contribution in [-0.4, -0.2) is 45.3 Å². The zero-order valence-corrected chi connectivity index (χ0v) is 17.5. The van der Waals surface area contributed by atoms with Gasteiger partial charge in [-0.25, -0.2) is 21.6 Å². The highest BCUT2D eigenvalue weighted by molar-refractivity contribution is 7.92. The summed E-state index contributed by atoms with van der Waals surface area (Å²) in [5, 5.41) is 8.84. The molecule has 0 fully saturated rings. The first-order chi connectivity index (χ1) is 13.0. The quantitative estimate of drug-likeness (QED) is 0.643. The molecule has 0 atom stereocenters. The summed E-state index contributed by atoms with van der Waals surface area (Å²) < 4.78 is 53.5. The Balaban J connectivity index is 2.30. The fourth-order valence-electron chi connectivity index (χ4n) is 2.47. The van der Waals surface area contributed by atoms with Crippen LogP contribution >= 0.6 is 11.6 Å². The number of rotatable bonds is 8. The second kappa shape index (κ2) is 8.48. The smallest absolute Gasteiger partial charge is 0.337 e. The van der Waals surface area contributed by atoms with Gasteiger partial charge in [0.15, 0.2) is 0 Å². The molecule has 0 radical (unpaired) electrons. The highest BCUT2D eigenvalue weighted by Crippen LogP contribution is 2.24. The van der Waals surface area contributed by atoms with E-state index in [-0.39, 0.29) is 26.1 Å². The van der Waals surface area contributed by atoms with E-state index in [1.165, 1.54) is 46.8 Å². The van der Waals surface area contributed by atoms with Gasteiger partial charge in [-0.2, -0.15) is 4.31 Å². The van der Waals surface area contributed by atoms with Gasteiger partial charge >= 0.3 is 5.97 Å². The van der Waals surface area contributed by atoms with Crippen molar-refractivity contribution in [3.63, 3.8) is 0 Å². The van der Waals surface area contributed by atoms with Crippen molar-refractivity contribution in [1.82, 2.24) is 4.31 Å². The first kappa shape index (κ1) is 22.2. The van der Waals surface area contributed by atoms with Crippen LogP contribution in [0, 0.1) is 0 Å². The molecule has 0 spiro atoms. The van der Waals surface area contributed by atoms with Gasteiger partial charge in [0.1, 0.15) is 0 Å². The molecule has 0 saturated carbocycles. The number of halogens is 1. The Hall–Kier alpha value is -2.14. The van der Waals surface area contributed by atoms with Crippen LogP contribution in [0.15, 0.2) is 52.3 Å². The van der Waals surface area contributed by atoms with E-state index in [4.69, 9.17) is 16.7 Å². The molecule has 0 heterocycles. The van der Waals surface area contributed by atoms with E-state index >= 15 is 0 Å². The number of nitrogens with zero attached hydrogens (tertiary/aromatic N) is 1. The molecule has 0 bridgehead atoms. The summed E-state index contributed by atoms with van der Waals surface area (Å²) in [7, 11) is -7.72. The Bertz CT molecular complexity index is 1080. The van der Waals surface area contributed by atoms with Crippen molar-refractivity contribution in [2.75, 3.05) is 17.8 Å². The molecular formula is C17H19ClN2O6S2. The molecule has 0 aliphatic rings. The van der Waals surface area contributed by atoms with E-state index in [9.17, 15) is 21.6 Å². The van der Waals surface area contributed by atoms with Gasteiger partial charge in [0.25, 0.3) is 10.0 Å². The summed E-state index contributed by atoms with van der Waals surface area (Å²) in [5.74, 6) is -1.23. The van der Waals surface area contributed by atoms with Crippen molar-refractivity contribution >= 4 is 43.3 Å². The van der Waals surface area contributed by atoms with Gasteiger partial charge in [-0.15, -0.1) is 0 Å². The Morgan fingerprint density at radius 2 is 1.54 bits per heavy atom. The average Bonchev–Trinajstić information content (AvgIpc) is 2.62. The van der Waals surface area contributed by atoms with Crippen LogP contribution in [0.5, 0.6) is 0 Å². The molecule has 0 aliphatic carbocycles. The number of carboxylic acids is 1. The van der Waals surface area contributed by atoms with E-state index in [2.05, 4.69) is 4.72 Å². The molecule has 28 heavy (non-hydrogen) atoms. The van der Waals surface area contributed by atoms with Crippen molar-refractivity contribution < 1.29 is 26.7 Å². The molecule has 0 amide bonds. The van der Waals surface area contributed by atoms with Gasteiger partial charge in [0, 0.05) is 13.1 Å².